The molecule has 1 aliphatic heterocycles. The first-order valence-electron chi connectivity index (χ1n) is 9.73. The van der Waals surface area contributed by atoms with E-state index in [-0.39, 0.29) is 17.2 Å². The lowest BCUT2D eigenvalue weighted by Crippen LogP contribution is -2.52. The van der Waals surface area contributed by atoms with Gasteiger partial charge in [0.05, 0.1) is 17.6 Å². The number of rotatable bonds is 5. The standard InChI is InChI=1S/C20H28N4O4S/c1-15(2)14-23-19(25)18(21-10-12-22(13-11-21)29(4,27)28)16(3)24(20(23)26)17-8-6-5-7-9-17/h5-9,15H,10-14H2,1-4H3. The largest absolute Gasteiger partial charge is 0.363 e. The maximum atomic E-state index is 13.3. The van der Waals surface area contributed by atoms with Crippen molar-refractivity contribution in [1.82, 2.24) is 13.4 Å². The van der Waals surface area contributed by atoms with Crippen LogP contribution < -0.4 is 16.1 Å². The second-order valence-corrected chi connectivity index (χ2v) is 9.83. The van der Waals surface area contributed by atoms with Gasteiger partial charge in [0.15, 0.2) is 0 Å². The van der Waals surface area contributed by atoms with Crippen LogP contribution in [-0.2, 0) is 16.6 Å². The number of hydrogen-bond acceptors (Lipinski definition) is 5. The Morgan fingerprint density at radius 3 is 2.10 bits per heavy atom. The van der Waals surface area contributed by atoms with Gasteiger partial charge in [-0.25, -0.2) is 13.2 Å². The monoisotopic (exact) mass is 420 g/mol. The zero-order valence-corrected chi connectivity index (χ0v) is 18.1. The molecule has 1 aromatic carbocycles. The van der Waals surface area contributed by atoms with Gasteiger partial charge in [0, 0.05) is 32.7 Å². The predicted octanol–water partition coefficient (Wildman–Crippen LogP) is 1.05. The second kappa shape index (κ2) is 8.16. The smallest absolute Gasteiger partial charge is 0.335 e. The second-order valence-electron chi connectivity index (χ2n) is 7.85. The molecule has 0 unspecified atom stereocenters. The number of hydrogen-bond donors (Lipinski definition) is 0. The van der Waals surface area contributed by atoms with Crippen LogP contribution in [0.1, 0.15) is 19.5 Å². The minimum Gasteiger partial charge on any atom is -0.363 e. The average molecular weight is 421 g/mol. The van der Waals surface area contributed by atoms with Crippen LogP contribution in [0.15, 0.2) is 39.9 Å². The predicted molar refractivity (Wildman–Crippen MR) is 115 cm³/mol. The van der Waals surface area contributed by atoms with Crippen molar-refractivity contribution in [3.63, 3.8) is 0 Å². The highest BCUT2D eigenvalue weighted by atomic mass is 32.2. The first-order chi connectivity index (χ1) is 13.6. The van der Waals surface area contributed by atoms with Crippen LogP contribution in [0.2, 0.25) is 0 Å². The van der Waals surface area contributed by atoms with Gasteiger partial charge < -0.3 is 4.90 Å². The van der Waals surface area contributed by atoms with Gasteiger partial charge >= 0.3 is 5.69 Å². The van der Waals surface area contributed by atoms with Crippen LogP contribution in [0.3, 0.4) is 0 Å². The Morgan fingerprint density at radius 2 is 1.59 bits per heavy atom. The van der Waals surface area contributed by atoms with Crippen LogP contribution in [0.25, 0.3) is 5.69 Å². The fourth-order valence-electron chi connectivity index (χ4n) is 3.75. The van der Waals surface area contributed by atoms with Crippen molar-refractivity contribution in [2.45, 2.75) is 27.3 Å². The molecule has 8 nitrogen and oxygen atoms in total. The van der Waals surface area contributed by atoms with E-state index in [9.17, 15) is 18.0 Å². The average Bonchev–Trinajstić information content (AvgIpc) is 2.66. The van der Waals surface area contributed by atoms with E-state index in [0.717, 1.165) is 0 Å². The van der Waals surface area contributed by atoms with Crippen molar-refractivity contribution in [3.05, 3.63) is 56.9 Å². The number of aromatic nitrogens is 2. The minimum atomic E-state index is -3.27. The Balaban J connectivity index is 2.15. The lowest BCUT2D eigenvalue weighted by atomic mass is 10.2. The lowest BCUT2D eigenvalue weighted by Gasteiger charge is -2.35. The summed E-state index contributed by atoms with van der Waals surface area (Å²) in [6.07, 6.45) is 1.19. The molecule has 0 aliphatic carbocycles. The van der Waals surface area contributed by atoms with Gasteiger partial charge in [-0.05, 0) is 25.0 Å². The topological polar surface area (TPSA) is 84.6 Å². The molecule has 0 N–H and O–H groups in total. The first-order valence-corrected chi connectivity index (χ1v) is 11.6. The zero-order chi connectivity index (χ0) is 21.3. The molecule has 0 saturated carbocycles. The minimum absolute atomic E-state index is 0.127. The van der Waals surface area contributed by atoms with Crippen molar-refractivity contribution >= 4 is 15.7 Å². The third kappa shape index (κ3) is 4.30. The van der Waals surface area contributed by atoms with E-state index >= 15 is 0 Å². The molecule has 0 spiro atoms. The lowest BCUT2D eigenvalue weighted by molar-refractivity contribution is 0.386. The molecule has 1 fully saturated rings. The quantitative estimate of drug-likeness (QED) is 0.722. The summed E-state index contributed by atoms with van der Waals surface area (Å²) < 4.78 is 27.9. The molecule has 0 radical (unpaired) electrons. The number of para-hydroxylation sites is 1. The van der Waals surface area contributed by atoms with E-state index in [4.69, 9.17) is 0 Å². The fraction of sp³-hybridized carbons (Fsp3) is 0.500. The fourth-order valence-corrected chi connectivity index (χ4v) is 4.58. The normalized spacial score (nSPS) is 15.8. The molecule has 3 rings (SSSR count). The van der Waals surface area contributed by atoms with Crippen LogP contribution in [-0.4, -0.2) is 54.3 Å². The number of anilines is 1. The molecule has 1 aromatic heterocycles. The van der Waals surface area contributed by atoms with Crippen LogP contribution >= 0.6 is 0 Å². The Kier molecular flexibility index (Phi) is 6.00. The Bertz CT molecular complexity index is 1100. The summed E-state index contributed by atoms with van der Waals surface area (Å²) in [6.45, 7) is 7.44. The van der Waals surface area contributed by atoms with Gasteiger partial charge in [0.2, 0.25) is 10.0 Å². The summed E-state index contributed by atoms with van der Waals surface area (Å²) >= 11 is 0. The SMILES string of the molecule is Cc1c(N2CCN(S(C)(=O)=O)CC2)c(=O)n(CC(C)C)c(=O)n1-c1ccccc1. The highest BCUT2D eigenvalue weighted by Gasteiger charge is 2.28. The van der Waals surface area contributed by atoms with E-state index in [1.54, 1.807) is 11.5 Å². The van der Waals surface area contributed by atoms with Gasteiger partial charge in [-0.15, -0.1) is 0 Å². The Hall–Kier alpha value is -2.39. The number of benzene rings is 1. The van der Waals surface area contributed by atoms with Crippen molar-refractivity contribution in [1.29, 1.82) is 0 Å². The van der Waals surface area contributed by atoms with Crippen molar-refractivity contribution in [3.8, 4) is 5.69 Å². The zero-order valence-electron chi connectivity index (χ0n) is 17.3. The summed E-state index contributed by atoms with van der Waals surface area (Å²) in [5.41, 5.74) is 1.05. The van der Waals surface area contributed by atoms with Crippen LogP contribution in [0, 0.1) is 12.8 Å². The maximum absolute atomic E-state index is 13.3. The van der Waals surface area contributed by atoms with E-state index in [1.165, 1.54) is 15.1 Å². The molecule has 0 amide bonds. The third-order valence-electron chi connectivity index (χ3n) is 5.13. The number of nitrogens with zero attached hydrogens (tertiary/aromatic N) is 4. The summed E-state index contributed by atoms with van der Waals surface area (Å²) in [5.74, 6) is 0.127. The van der Waals surface area contributed by atoms with Gasteiger partial charge in [-0.2, -0.15) is 4.31 Å². The summed E-state index contributed by atoms with van der Waals surface area (Å²) in [4.78, 5) is 28.4. The first kappa shape index (κ1) is 21.3. The third-order valence-corrected chi connectivity index (χ3v) is 6.44. The molecule has 1 saturated heterocycles. The molecular formula is C20H28N4O4S. The molecule has 2 heterocycles. The van der Waals surface area contributed by atoms with Gasteiger partial charge in [-0.3, -0.25) is 13.9 Å². The van der Waals surface area contributed by atoms with Gasteiger partial charge in [0.1, 0.15) is 5.69 Å². The van der Waals surface area contributed by atoms with Crippen LogP contribution in [0.4, 0.5) is 5.69 Å². The number of sulfonamides is 1. The Morgan fingerprint density at radius 1 is 1.00 bits per heavy atom. The molecule has 0 bridgehead atoms. The highest BCUT2D eigenvalue weighted by molar-refractivity contribution is 7.88. The molecular weight excluding hydrogens is 392 g/mol. The van der Waals surface area contributed by atoms with E-state index in [2.05, 4.69) is 0 Å². The summed E-state index contributed by atoms with van der Waals surface area (Å²) in [6, 6.07) is 9.25. The molecule has 1 aliphatic rings. The van der Waals surface area contributed by atoms with Crippen molar-refractivity contribution < 1.29 is 8.42 Å². The van der Waals surface area contributed by atoms with E-state index in [1.807, 2.05) is 49.1 Å². The van der Waals surface area contributed by atoms with Gasteiger partial charge in [-0.1, -0.05) is 32.0 Å². The van der Waals surface area contributed by atoms with Crippen molar-refractivity contribution in [2.24, 2.45) is 5.92 Å². The van der Waals surface area contributed by atoms with Crippen LogP contribution in [0.5, 0.6) is 0 Å². The molecule has 158 valence electrons. The molecule has 29 heavy (non-hydrogen) atoms. The molecule has 2 aromatic rings. The van der Waals surface area contributed by atoms with Crippen molar-refractivity contribution in [2.75, 3.05) is 37.3 Å². The number of piperazine rings is 1. The maximum Gasteiger partial charge on any atom is 0.335 e. The van der Waals surface area contributed by atoms with Gasteiger partial charge in [0.25, 0.3) is 5.56 Å². The molecule has 0 atom stereocenters. The van der Waals surface area contributed by atoms with E-state index in [0.29, 0.717) is 49.8 Å². The summed E-state index contributed by atoms with van der Waals surface area (Å²) in [7, 11) is -3.27. The highest BCUT2D eigenvalue weighted by Crippen LogP contribution is 2.20. The molecule has 9 heteroatoms. The van der Waals surface area contributed by atoms with E-state index < -0.39 is 10.0 Å². The Labute approximate surface area is 171 Å². The summed E-state index contributed by atoms with van der Waals surface area (Å²) in [5, 5.41) is 0.